The fourth-order valence-electron chi connectivity index (χ4n) is 2.87. The van der Waals surface area contributed by atoms with Crippen LogP contribution in [0.15, 0.2) is 48.5 Å². The largest absolute Gasteiger partial charge is 0.326 e. The van der Waals surface area contributed by atoms with E-state index in [1.165, 1.54) is 0 Å². The first-order valence-electron chi connectivity index (χ1n) is 8.70. The van der Waals surface area contributed by atoms with Gasteiger partial charge in [-0.1, -0.05) is 24.3 Å². The molecule has 0 spiro atoms. The van der Waals surface area contributed by atoms with Crippen molar-refractivity contribution in [1.29, 1.82) is 0 Å². The molecule has 0 aliphatic carbocycles. The van der Waals surface area contributed by atoms with Gasteiger partial charge in [-0.15, -0.1) is 0 Å². The molecule has 136 valence electrons. The summed E-state index contributed by atoms with van der Waals surface area (Å²) in [6.07, 6.45) is 0.451. The molecule has 2 aromatic rings. The number of carbonyl (C=O) groups excluding carboxylic acids is 2. The van der Waals surface area contributed by atoms with Crippen LogP contribution in [0, 0.1) is 6.92 Å². The summed E-state index contributed by atoms with van der Waals surface area (Å²) in [4.78, 5) is 24.7. The zero-order chi connectivity index (χ0) is 18.4. The Morgan fingerprint density at radius 3 is 2.50 bits per heavy atom. The maximum absolute atomic E-state index is 12.4. The van der Waals surface area contributed by atoms with Crippen LogP contribution in [0.1, 0.15) is 22.3 Å². The van der Waals surface area contributed by atoms with Gasteiger partial charge in [0.25, 0.3) is 5.91 Å². The Hall–Kier alpha value is -2.31. The van der Waals surface area contributed by atoms with E-state index in [1.54, 1.807) is 12.1 Å². The Bertz CT molecular complexity index is 774. The van der Waals surface area contributed by atoms with Gasteiger partial charge >= 0.3 is 0 Å². The van der Waals surface area contributed by atoms with Crippen LogP contribution in [0.4, 0.5) is 11.4 Å². The van der Waals surface area contributed by atoms with Gasteiger partial charge in [0.1, 0.15) is 0 Å². The van der Waals surface area contributed by atoms with Gasteiger partial charge in [0.2, 0.25) is 5.91 Å². The van der Waals surface area contributed by atoms with Gasteiger partial charge in [0, 0.05) is 47.5 Å². The Morgan fingerprint density at radius 2 is 1.81 bits per heavy atom. The highest BCUT2D eigenvalue weighted by molar-refractivity contribution is 7.99. The SMILES string of the molecule is Cc1c(NC(=O)CC2CSCCN2)cccc1NC(=O)c1ccccc1. The first-order valence-corrected chi connectivity index (χ1v) is 9.86. The molecule has 3 N–H and O–H groups in total. The second kappa shape index (κ2) is 8.87. The van der Waals surface area contributed by atoms with E-state index in [0.717, 1.165) is 29.3 Å². The number of nitrogens with one attached hydrogen (secondary N) is 3. The molecule has 1 aliphatic rings. The summed E-state index contributed by atoms with van der Waals surface area (Å²) >= 11 is 1.87. The highest BCUT2D eigenvalue weighted by Crippen LogP contribution is 2.24. The average Bonchev–Trinajstić information content (AvgIpc) is 2.66. The van der Waals surface area contributed by atoms with E-state index in [-0.39, 0.29) is 17.9 Å². The number of benzene rings is 2. The van der Waals surface area contributed by atoms with E-state index >= 15 is 0 Å². The lowest BCUT2D eigenvalue weighted by atomic mass is 10.1. The van der Waals surface area contributed by atoms with E-state index in [1.807, 2.05) is 55.1 Å². The van der Waals surface area contributed by atoms with Crippen LogP contribution in [-0.2, 0) is 4.79 Å². The van der Waals surface area contributed by atoms with Crippen molar-refractivity contribution >= 4 is 35.0 Å². The lowest BCUT2D eigenvalue weighted by Gasteiger charge is -2.22. The van der Waals surface area contributed by atoms with Crippen LogP contribution in [0.5, 0.6) is 0 Å². The third kappa shape index (κ3) is 4.86. The number of hydrogen-bond acceptors (Lipinski definition) is 4. The van der Waals surface area contributed by atoms with E-state index in [2.05, 4.69) is 16.0 Å². The molecule has 2 amide bonds. The standard InChI is InChI=1S/C20H23N3O2S/c1-14-17(22-19(24)12-16-13-26-11-10-21-16)8-5-9-18(14)23-20(25)15-6-3-2-4-7-15/h2-9,16,21H,10-13H2,1H3,(H,22,24)(H,23,25). The number of thioether (sulfide) groups is 1. The van der Waals surface area contributed by atoms with Crippen molar-refractivity contribution in [2.45, 2.75) is 19.4 Å². The molecule has 3 rings (SSSR count). The summed E-state index contributed by atoms with van der Waals surface area (Å²) < 4.78 is 0. The second-order valence-corrected chi connectivity index (χ2v) is 7.43. The van der Waals surface area contributed by atoms with Crippen LogP contribution in [-0.4, -0.2) is 35.9 Å². The second-order valence-electron chi connectivity index (χ2n) is 6.28. The van der Waals surface area contributed by atoms with E-state index in [9.17, 15) is 9.59 Å². The smallest absolute Gasteiger partial charge is 0.255 e. The zero-order valence-corrected chi connectivity index (χ0v) is 15.6. The molecule has 1 heterocycles. The number of carbonyl (C=O) groups is 2. The molecule has 1 aliphatic heterocycles. The zero-order valence-electron chi connectivity index (χ0n) is 14.7. The molecule has 0 radical (unpaired) electrons. The fourth-order valence-corrected chi connectivity index (χ4v) is 3.82. The summed E-state index contributed by atoms with van der Waals surface area (Å²) in [6, 6.07) is 14.8. The lowest BCUT2D eigenvalue weighted by molar-refractivity contribution is -0.116. The minimum Gasteiger partial charge on any atom is -0.326 e. The molecule has 0 bridgehead atoms. The highest BCUT2D eigenvalue weighted by Gasteiger charge is 2.17. The van der Waals surface area contributed by atoms with Crippen molar-refractivity contribution < 1.29 is 9.59 Å². The number of hydrogen-bond donors (Lipinski definition) is 3. The minimum atomic E-state index is -0.166. The van der Waals surface area contributed by atoms with E-state index in [0.29, 0.717) is 17.7 Å². The van der Waals surface area contributed by atoms with Crippen LogP contribution in [0.3, 0.4) is 0 Å². The fraction of sp³-hybridized carbons (Fsp3) is 0.300. The summed E-state index contributed by atoms with van der Waals surface area (Å²) in [7, 11) is 0. The molecule has 1 atom stereocenters. The van der Waals surface area contributed by atoms with Crippen LogP contribution < -0.4 is 16.0 Å². The number of rotatable bonds is 5. The topological polar surface area (TPSA) is 70.2 Å². The molecule has 1 saturated heterocycles. The first-order chi connectivity index (χ1) is 12.6. The molecule has 2 aromatic carbocycles. The van der Waals surface area contributed by atoms with Crippen molar-refractivity contribution in [2.75, 3.05) is 28.7 Å². The summed E-state index contributed by atoms with van der Waals surface area (Å²) in [6.45, 7) is 2.84. The molecule has 1 unspecified atom stereocenters. The van der Waals surface area contributed by atoms with Crippen LogP contribution in [0.2, 0.25) is 0 Å². The molecule has 0 saturated carbocycles. The molecular formula is C20H23N3O2S. The number of anilines is 2. The summed E-state index contributed by atoms with van der Waals surface area (Å²) in [5.41, 5.74) is 2.87. The lowest BCUT2D eigenvalue weighted by Crippen LogP contribution is -2.39. The Morgan fingerprint density at radius 1 is 1.08 bits per heavy atom. The average molecular weight is 369 g/mol. The molecule has 5 nitrogen and oxygen atoms in total. The van der Waals surface area contributed by atoms with Gasteiger partial charge in [-0.05, 0) is 36.8 Å². The third-order valence-corrected chi connectivity index (χ3v) is 5.45. The minimum absolute atomic E-state index is 0.0142. The Labute approximate surface area is 157 Å². The Kier molecular flexibility index (Phi) is 6.30. The van der Waals surface area contributed by atoms with Gasteiger partial charge in [-0.3, -0.25) is 9.59 Å². The van der Waals surface area contributed by atoms with Crippen molar-refractivity contribution in [1.82, 2.24) is 5.32 Å². The predicted molar refractivity (Wildman–Crippen MR) is 108 cm³/mol. The molecule has 0 aromatic heterocycles. The van der Waals surface area contributed by atoms with Crippen molar-refractivity contribution in [3.8, 4) is 0 Å². The van der Waals surface area contributed by atoms with E-state index in [4.69, 9.17) is 0 Å². The maximum Gasteiger partial charge on any atom is 0.255 e. The van der Waals surface area contributed by atoms with Crippen molar-refractivity contribution in [3.05, 3.63) is 59.7 Å². The quantitative estimate of drug-likeness (QED) is 0.756. The van der Waals surface area contributed by atoms with Crippen molar-refractivity contribution in [3.63, 3.8) is 0 Å². The first kappa shape index (κ1) is 18.5. The maximum atomic E-state index is 12.4. The van der Waals surface area contributed by atoms with Crippen molar-refractivity contribution in [2.24, 2.45) is 0 Å². The van der Waals surface area contributed by atoms with Crippen LogP contribution >= 0.6 is 11.8 Å². The van der Waals surface area contributed by atoms with Gasteiger partial charge in [0.05, 0.1) is 0 Å². The number of amides is 2. The molecule has 26 heavy (non-hydrogen) atoms. The molecule has 1 fully saturated rings. The third-order valence-electron chi connectivity index (χ3n) is 4.32. The van der Waals surface area contributed by atoms with Gasteiger partial charge < -0.3 is 16.0 Å². The molecular weight excluding hydrogens is 346 g/mol. The van der Waals surface area contributed by atoms with Gasteiger partial charge in [-0.2, -0.15) is 11.8 Å². The Balaban J connectivity index is 1.65. The summed E-state index contributed by atoms with van der Waals surface area (Å²) in [5.74, 6) is 1.88. The van der Waals surface area contributed by atoms with Gasteiger partial charge in [-0.25, -0.2) is 0 Å². The van der Waals surface area contributed by atoms with Crippen LogP contribution in [0.25, 0.3) is 0 Å². The normalized spacial score (nSPS) is 16.7. The van der Waals surface area contributed by atoms with Gasteiger partial charge in [0.15, 0.2) is 0 Å². The predicted octanol–water partition coefficient (Wildman–Crippen LogP) is 3.28. The van der Waals surface area contributed by atoms with E-state index < -0.39 is 0 Å². The highest BCUT2D eigenvalue weighted by atomic mass is 32.2. The summed E-state index contributed by atoms with van der Waals surface area (Å²) in [5, 5.41) is 9.25. The monoisotopic (exact) mass is 369 g/mol. The molecule has 6 heteroatoms.